The molecule has 27 heavy (non-hydrogen) atoms. The number of benzene rings is 3. The van der Waals surface area contributed by atoms with Crippen LogP contribution in [0.2, 0.25) is 0 Å². The normalized spacial score (nSPS) is 14.6. The Morgan fingerprint density at radius 3 is 2.56 bits per heavy atom. The van der Waals surface area contributed by atoms with Gasteiger partial charge in [0.1, 0.15) is 5.75 Å². The molecule has 1 saturated heterocycles. The van der Waals surface area contributed by atoms with Crippen molar-refractivity contribution in [1.82, 2.24) is 4.90 Å². The lowest BCUT2D eigenvalue weighted by Crippen LogP contribution is -2.20. The van der Waals surface area contributed by atoms with E-state index in [0.717, 1.165) is 40.7 Å². The van der Waals surface area contributed by atoms with Gasteiger partial charge in [-0.05, 0) is 61.3 Å². The molecule has 0 saturated carbocycles. The quantitative estimate of drug-likeness (QED) is 0.709. The van der Waals surface area contributed by atoms with Crippen LogP contribution < -0.4 is 5.32 Å². The van der Waals surface area contributed by atoms with Gasteiger partial charge in [-0.1, -0.05) is 42.5 Å². The molecule has 0 aliphatic carbocycles. The molecule has 3 aromatic carbocycles. The molecule has 3 aromatic rings. The molecule has 1 heterocycles. The monoisotopic (exact) mass is 360 g/mol. The molecule has 4 nitrogen and oxygen atoms in total. The molecule has 0 radical (unpaired) electrons. The second-order valence-corrected chi connectivity index (χ2v) is 7.22. The molecule has 1 amide bonds. The minimum absolute atomic E-state index is 0.0895. The lowest BCUT2D eigenvalue weighted by Gasteiger charge is -2.19. The van der Waals surface area contributed by atoms with Crippen LogP contribution in [0.15, 0.2) is 54.6 Å². The molecule has 0 unspecified atom stereocenters. The fourth-order valence-electron chi connectivity index (χ4n) is 3.81. The van der Waals surface area contributed by atoms with Crippen LogP contribution in [0.4, 0.5) is 5.69 Å². The lowest BCUT2D eigenvalue weighted by molar-refractivity contribution is 0.102. The van der Waals surface area contributed by atoms with Crippen LogP contribution in [0.5, 0.6) is 5.75 Å². The molecule has 0 bridgehead atoms. The maximum Gasteiger partial charge on any atom is 0.259 e. The van der Waals surface area contributed by atoms with E-state index in [4.69, 9.17) is 0 Å². The van der Waals surface area contributed by atoms with Crippen LogP contribution in [0, 0.1) is 6.92 Å². The van der Waals surface area contributed by atoms with Gasteiger partial charge in [-0.25, -0.2) is 0 Å². The van der Waals surface area contributed by atoms with Crippen LogP contribution in [0.3, 0.4) is 0 Å². The number of para-hydroxylation sites is 1. The van der Waals surface area contributed by atoms with Crippen molar-refractivity contribution in [3.63, 3.8) is 0 Å². The van der Waals surface area contributed by atoms with E-state index in [-0.39, 0.29) is 11.7 Å². The number of carbonyl (C=O) groups excluding carboxylic acids is 1. The zero-order valence-corrected chi connectivity index (χ0v) is 15.5. The predicted molar refractivity (Wildman–Crippen MR) is 109 cm³/mol. The highest BCUT2D eigenvalue weighted by molar-refractivity contribution is 6.09. The standard InChI is InChI=1S/C23H24N2O2/c1-16-8-2-5-11-21(16)24-23(27)19-14-17-9-3-4-10-18(17)20(22(19)26)15-25-12-6-7-13-25/h2-5,8-11,14,26H,6-7,12-13,15H2,1H3,(H,24,27). The Morgan fingerprint density at radius 2 is 1.78 bits per heavy atom. The highest BCUT2D eigenvalue weighted by Crippen LogP contribution is 2.33. The van der Waals surface area contributed by atoms with Gasteiger partial charge in [-0.2, -0.15) is 0 Å². The third-order valence-electron chi connectivity index (χ3n) is 5.35. The van der Waals surface area contributed by atoms with E-state index in [2.05, 4.69) is 10.2 Å². The van der Waals surface area contributed by atoms with Gasteiger partial charge in [0, 0.05) is 17.8 Å². The van der Waals surface area contributed by atoms with Crippen LogP contribution in [-0.2, 0) is 6.54 Å². The number of hydrogen-bond donors (Lipinski definition) is 2. The van der Waals surface area contributed by atoms with Crippen LogP contribution in [0.1, 0.15) is 34.3 Å². The Hall–Kier alpha value is -2.85. The molecule has 138 valence electrons. The number of nitrogens with one attached hydrogen (secondary N) is 1. The molecule has 1 aliphatic rings. The number of amides is 1. The van der Waals surface area contributed by atoms with Crippen molar-refractivity contribution < 1.29 is 9.90 Å². The second-order valence-electron chi connectivity index (χ2n) is 7.22. The minimum atomic E-state index is -0.282. The molecule has 1 fully saturated rings. The van der Waals surface area contributed by atoms with Crippen molar-refractivity contribution in [3.05, 3.63) is 71.3 Å². The first-order chi connectivity index (χ1) is 13.1. The topological polar surface area (TPSA) is 52.6 Å². The molecular weight excluding hydrogens is 336 g/mol. The number of rotatable bonds is 4. The van der Waals surface area contributed by atoms with Crippen molar-refractivity contribution in [3.8, 4) is 5.75 Å². The number of anilines is 1. The molecule has 0 aromatic heterocycles. The van der Waals surface area contributed by atoms with Gasteiger partial charge in [0.2, 0.25) is 0 Å². The van der Waals surface area contributed by atoms with Crippen LogP contribution in [-0.4, -0.2) is 29.0 Å². The largest absolute Gasteiger partial charge is 0.507 e. The van der Waals surface area contributed by atoms with Gasteiger partial charge >= 0.3 is 0 Å². The highest BCUT2D eigenvalue weighted by atomic mass is 16.3. The Bertz CT molecular complexity index is 991. The van der Waals surface area contributed by atoms with E-state index >= 15 is 0 Å². The summed E-state index contributed by atoms with van der Waals surface area (Å²) in [5, 5.41) is 15.9. The van der Waals surface area contributed by atoms with Gasteiger partial charge in [-0.3, -0.25) is 9.69 Å². The number of likely N-dealkylation sites (tertiary alicyclic amines) is 1. The fraction of sp³-hybridized carbons (Fsp3) is 0.261. The van der Waals surface area contributed by atoms with Crippen LogP contribution in [0.25, 0.3) is 10.8 Å². The average molecular weight is 360 g/mol. The maximum atomic E-state index is 12.9. The van der Waals surface area contributed by atoms with Crippen molar-refractivity contribution in [2.24, 2.45) is 0 Å². The van der Waals surface area contributed by atoms with E-state index in [1.54, 1.807) is 6.07 Å². The highest BCUT2D eigenvalue weighted by Gasteiger charge is 2.21. The third kappa shape index (κ3) is 3.53. The maximum absolute atomic E-state index is 12.9. The van der Waals surface area contributed by atoms with E-state index in [0.29, 0.717) is 12.1 Å². The summed E-state index contributed by atoms with van der Waals surface area (Å²) in [5.41, 5.74) is 2.91. The SMILES string of the molecule is Cc1ccccc1NC(=O)c1cc2ccccc2c(CN2CCCC2)c1O. The average Bonchev–Trinajstić information content (AvgIpc) is 3.19. The Balaban J connectivity index is 1.75. The smallest absolute Gasteiger partial charge is 0.259 e. The van der Waals surface area contributed by atoms with Crippen molar-refractivity contribution in [2.75, 3.05) is 18.4 Å². The van der Waals surface area contributed by atoms with E-state index in [1.807, 2.05) is 55.5 Å². The second kappa shape index (κ2) is 7.41. The first-order valence-electron chi connectivity index (χ1n) is 9.46. The summed E-state index contributed by atoms with van der Waals surface area (Å²) in [6, 6.07) is 17.4. The molecular formula is C23H24N2O2. The molecule has 1 aliphatic heterocycles. The molecule has 4 rings (SSSR count). The van der Waals surface area contributed by atoms with Crippen molar-refractivity contribution >= 4 is 22.4 Å². The number of carbonyl (C=O) groups is 1. The molecule has 2 N–H and O–H groups in total. The number of phenols is 1. The van der Waals surface area contributed by atoms with Crippen molar-refractivity contribution in [2.45, 2.75) is 26.3 Å². The zero-order valence-electron chi connectivity index (χ0n) is 15.5. The van der Waals surface area contributed by atoms with Gasteiger partial charge in [0.05, 0.1) is 5.56 Å². The summed E-state index contributed by atoms with van der Waals surface area (Å²) in [5.74, 6) is -0.193. The molecule has 0 spiro atoms. The van der Waals surface area contributed by atoms with Gasteiger partial charge in [0.25, 0.3) is 5.91 Å². The van der Waals surface area contributed by atoms with Crippen LogP contribution >= 0.6 is 0 Å². The minimum Gasteiger partial charge on any atom is -0.507 e. The first-order valence-corrected chi connectivity index (χ1v) is 9.46. The van der Waals surface area contributed by atoms with E-state index in [9.17, 15) is 9.90 Å². The molecule has 0 atom stereocenters. The number of phenolic OH excluding ortho intramolecular Hbond substituents is 1. The van der Waals surface area contributed by atoms with Gasteiger partial charge in [0.15, 0.2) is 0 Å². The summed E-state index contributed by atoms with van der Waals surface area (Å²) < 4.78 is 0. The zero-order chi connectivity index (χ0) is 18.8. The van der Waals surface area contributed by atoms with Gasteiger partial charge < -0.3 is 10.4 Å². The fourth-order valence-corrected chi connectivity index (χ4v) is 3.81. The van der Waals surface area contributed by atoms with Crippen molar-refractivity contribution in [1.29, 1.82) is 0 Å². The molecule has 4 heteroatoms. The first kappa shape index (κ1) is 17.6. The summed E-state index contributed by atoms with van der Waals surface area (Å²) in [6.45, 7) is 4.69. The Morgan fingerprint density at radius 1 is 1.07 bits per heavy atom. The van der Waals surface area contributed by atoms with E-state index in [1.165, 1.54) is 12.8 Å². The Labute approximate surface area is 159 Å². The van der Waals surface area contributed by atoms with Gasteiger partial charge in [-0.15, -0.1) is 0 Å². The predicted octanol–water partition coefficient (Wildman–Crippen LogP) is 4.70. The summed E-state index contributed by atoms with van der Waals surface area (Å²) >= 11 is 0. The number of fused-ring (bicyclic) bond motifs is 1. The van der Waals surface area contributed by atoms with E-state index < -0.39 is 0 Å². The number of hydrogen-bond acceptors (Lipinski definition) is 3. The number of nitrogens with zero attached hydrogens (tertiary/aromatic N) is 1. The number of aromatic hydroxyl groups is 1. The lowest BCUT2D eigenvalue weighted by atomic mass is 9.98. The Kier molecular flexibility index (Phi) is 4.82. The number of aryl methyl sites for hydroxylation is 1. The summed E-state index contributed by atoms with van der Waals surface area (Å²) in [4.78, 5) is 15.3. The third-order valence-corrected chi connectivity index (χ3v) is 5.35. The summed E-state index contributed by atoms with van der Waals surface area (Å²) in [7, 11) is 0. The summed E-state index contributed by atoms with van der Waals surface area (Å²) in [6.07, 6.45) is 2.37.